The molecule has 15 nitrogen and oxygen atoms in total. The molecule has 3 aromatic carbocycles. The smallest absolute Gasteiger partial charge is 0.335 e. The molecule has 0 aliphatic carbocycles. The molecule has 0 spiro atoms. The number of carbonyl (C=O) groups is 3. The Bertz CT molecular complexity index is 2040. The Hall–Kier alpha value is -6.25. The van der Waals surface area contributed by atoms with Crippen LogP contribution in [0.5, 0.6) is 0 Å². The Labute approximate surface area is 248 Å². The van der Waals surface area contributed by atoms with Crippen molar-refractivity contribution in [2.24, 2.45) is 0 Å². The zero-order valence-corrected chi connectivity index (χ0v) is 23.3. The number of aromatic nitrogens is 3. The molecule has 2 amide bonds. The van der Waals surface area contributed by atoms with E-state index in [9.17, 15) is 29.1 Å². The van der Waals surface area contributed by atoms with Crippen molar-refractivity contribution in [2.75, 3.05) is 22.5 Å². The van der Waals surface area contributed by atoms with Crippen LogP contribution in [0.25, 0.3) is 5.65 Å². The van der Waals surface area contributed by atoms with Crippen LogP contribution >= 0.6 is 0 Å². The highest BCUT2D eigenvalue weighted by Crippen LogP contribution is 2.20. The number of fused-ring (bicyclic) bond motifs is 1. The molecule has 0 bridgehead atoms. The summed E-state index contributed by atoms with van der Waals surface area (Å²) in [6.07, 6.45) is 0. The molecule has 44 heavy (non-hydrogen) atoms. The van der Waals surface area contributed by atoms with E-state index in [1.807, 2.05) is 0 Å². The van der Waals surface area contributed by atoms with Gasteiger partial charge in [0.05, 0.1) is 5.56 Å². The lowest BCUT2D eigenvalue weighted by atomic mass is 10.1. The first-order chi connectivity index (χ1) is 20.9. The van der Waals surface area contributed by atoms with Crippen LogP contribution < -0.4 is 44.0 Å². The van der Waals surface area contributed by atoms with E-state index in [4.69, 9.17) is 17.2 Å². The standard InChI is InChI=1S/C29H27N9O6/c1-13-7-16(5-6-17(13)28(43)44)12-34-26(41)18-9-19(38-25(36-18)24(31)37-29(38)32)27(42)35-11-15-4-2-3-14(8-15)10-33-21-20(30)22(39)23(21)40/h2-9,33H,10-12,30-31H2,1H3,(H2,32,37)(H,34,41)(H,35,42)(H,43,44). The minimum atomic E-state index is -1.05. The van der Waals surface area contributed by atoms with Crippen molar-refractivity contribution < 1.29 is 19.5 Å². The SMILES string of the molecule is Cc1cc(CNC(=O)c2cc(C(=O)NCc3cccc(CNc4c(N)c(=O)c4=O)c3)n3c(N)nc(N)c3n2)ccc1C(=O)O. The number of hydrogen-bond acceptors (Lipinski definition) is 11. The summed E-state index contributed by atoms with van der Waals surface area (Å²) in [5.41, 5.74) is 18.9. The fourth-order valence-corrected chi connectivity index (χ4v) is 4.66. The van der Waals surface area contributed by atoms with Crippen LogP contribution in [0.2, 0.25) is 0 Å². The van der Waals surface area contributed by atoms with E-state index < -0.39 is 28.6 Å². The topological polar surface area (TPSA) is 250 Å². The van der Waals surface area contributed by atoms with Gasteiger partial charge in [-0.1, -0.05) is 36.4 Å². The zero-order valence-electron chi connectivity index (χ0n) is 23.3. The van der Waals surface area contributed by atoms with Crippen molar-refractivity contribution in [1.29, 1.82) is 0 Å². The predicted molar refractivity (Wildman–Crippen MR) is 162 cm³/mol. The van der Waals surface area contributed by atoms with E-state index in [0.29, 0.717) is 11.1 Å². The number of nitrogens with zero attached hydrogens (tertiary/aromatic N) is 3. The Balaban J connectivity index is 1.31. The number of nitrogens with one attached hydrogen (secondary N) is 3. The maximum atomic E-state index is 13.4. The lowest BCUT2D eigenvalue weighted by Crippen LogP contribution is -2.36. The summed E-state index contributed by atoms with van der Waals surface area (Å²) in [6, 6.07) is 13.1. The second kappa shape index (κ2) is 11.6. The third-order valence-corrected chi connectivity index (χ3v) is 6.95. The maximum Gasteiger partial charge on any atom is 0.335 e. The van der Waals surface area contributed by atoms with Crippen molar-refractivity contribution in [3.05, 3.63) is 108 Å². The molecular weight excluding hydrogens is 570 g/mol. The number of aryl methyl sites for hydroxylation is 1. The van der Waals surface area contributed by atoms with Gasteiger partial charge in [0, 0.05) is 19.6 Å². The highest BCUT2D eigenvalue weighted by Gasteiger charge is 2.22. The minimum Gasteiger partial charge on any atom is -0.478 e. The second-order valence-corrected chi connectivity index (χ2v) is 9.98. The van der Waals surface area contributed by atoms with Gasteiger partial charge in [-0.3, -0.25) is 23.6 Å². The van der Waals surface area contributed by atoms with E-state index in [-0.39, 0.29) is 65.4 Å². The van der Waals surface area contributed by atoms with Crippen LogP contribution in [0.3, 0.4) is 0 Å². The number of aromatic carboxylic acids is 1. The van der Waals surface area contributed by atoms with Crippen molar-refractivity contribution in [1.82, 2.24) is 25.0 Å². The van der Waals surface area contributed by atoms with Crippen LogP contribution in [-0.4, -0.2) is 37.3 Å². The summed E-state index contributed by atoms with van der Waals surface area (Å²) in [5, 5.41) is 17.6. The van der Waals surface area contributed by atoms with Crippen molar-refractivity contribution in [3.63, 3.8) is 0 Å². The summed E-state index contributed by atoms with van der Waals surface area (Å²) in [7, 11) is 0. The predicted octanol–water partition coefficient (Wildman–Crippen LogP) is 0.551. The van der Waals surface area contributed by atoms with E-state index >= 15 is 0 Å². The molecule has 5 aromatic rings. The fourth-order valence-electron chi connectivity index (χ4n) is 4.66. The van der Waals surface area contributed by atoms with Gasteiger partial charge >= 0.3 is 5.97 Å². The molecule has 0 saturated heterocycles. The van der Waals surface area contributed by atoms with Gasteiger partial charge in [0.2, 0.25) is 5.95 Å². The molecule has 5 rings (SSSR count). The number of rotatable bonds is 10. The van der Waals surface area contributed by atoms with E-state index in [1.165, 1.54) is 16.5 Å². The third-order valence-electron chi connectivity index (χ3n) is 6.95. The number of benzene rings is 2. The lowest BCUT2D eigenvalue weighted by molar-refractivity contribution is 0.0695. The van der Waals surface area contributed by atoms with Crippen LogP contribution in [0.15, 0.2) is 58.1 Å². The molecule has 0 saturated carbocycles. The number of nitrogens with two attached hydrogens (primary N) is 3. The van der Waals surface area contributed by atoms with Gasteiger partial charge in [0.1, 0.15) is 22.8 Å². The summed E-state index contributed by atoms with van der Waals surface area (Å²) < 4.78 is 1.24. The van der Waals surface area contributed by atoms with Crippen molar-refractivity contribution in [2.45, 2.75) is 26.6 Å². The van der Waals surface area contributed by atoms with Gasteiger partial charge in [-0.2, -0.15) is 4.98 Å². The van der Waals surface area contributed by atoms with Crippen LogP contribution in [0, 0.1) is 6.92 Å². The van der Waals surface area contributed by atoms with Gasteiger partial charge in [-0.15, -0.1) is 0 Å². The Morgan fingerprint density at radius 3 is 2.16 bits per heavy atom. The first kappa shape index (κ1) is 29.2. The first-order valence-electron chi connectivity index (χ1n) is 13.2. The number of carboxylic acid groups (broad SMARTS) is 1. The van der Waals surface area contributed by atoms with Crippen LogP contribution in [-0.2, 0) is 19.6 Å². The largest absolute Gasteiger partial charge is 0.478 e. The highest BCUT2D eigenvalue weighted by atomic mass is 16.4. The number of hydrogen-bond donors (Lipinski definition) is 7. The van der Waals surface area contributed by atoms with Gasteiger partial charge in [-0.25, -0.2) is 9.78 Å². The fraction of sp³-hybridized carbons (Fsp3) is 0.138. The molecule has 224 valence electrons. The van der Waals surface area contributed by atoms with E-state index in [2.05, 4.69) is 25.9 Å². The second-order valence-electron chi connectivity index (χ2n) is 9.98. The molecular formula is C29H27N9O6. The maximum absolute atomic E-state index is 13.4. The van der Waals surface area contributed by atoms with Gasteiger partial charge in [0.15, 0.2) is 11.5 Å². The summed E-state index contributed by atoms with van der Waals surface area (Å²) in [4.78, 5) is 68.9. The van der Waals surface area contributed by atoms with Crippen molar-refractivity contribution in [3.8, 4) is 0 Å². The van der Waals surface area contributed by atoms with Gasteiger partial charge < -0.3 is 38.3 Å². The molecule has 0 aliphatic rings. The average molecular weight is 598 g/mol. The van der Waals surface area contributed by atoms with Gasteiger partial charge in [-0.05, 0) is 41.3 Å². The summed E-state index contributed by atoms with van der Waals surface area (Å²) >= 11 is 0. The molecule has 2 heterocycles. The summed E-state index contributed by atoms with van der Waals surface area (Å²) in [6.45, 7) is 2.05. The normalized spacial score (nSPS) is 11.0. The highest BCUT2D eigenvalue weighted by molar-refractivity contribution is 5.99. The zero-order chi connectivity index (χ0) is 31.7. The quantitative estimate of drug-likeness (QED) is 0.109. The number of carbonyl (C=O) groups excluding carboxylic acids is 2. The molecule has 0 unspecified atom stereocenters. The number of carboxylic acids is 1. The molecule has 0 radical (unpaired) electrons. The van der Waals surface area contributed by atoms with Crippen LogP contribution in [0.4, 0.5) is 23.1 Å². The number of nitrogen functional groups attached to an aromatic ring is 3. The molecule has 0 aliphatic heterocycles. The molecule has 0 fully saturated rings. The Morgan fingerprint density at radius 1 is 0.841 bits per heavy atom. The van der Waals surface area contributed by atoms with E-state index in [0.717, 1.165) is 11.1 Å². The van der Waals surface area contributed by atoms with Crippen LogP contribution in [0.1, 0.15) is 53.6 Å². The molecule has 0 atom stereocenters. The third kappa shape index (κ3) is 5.61. The molecule has 2 aromatic heterocycles. The Morgan fingerprint density at radius 2 is 1.50 bits per heavy atom. The summed E-state index contributed by atoms with van der Waals surface area (Å²) in [5.74, 6) is -2.41. The average Bonchev–Trinajstić information content (AvgIpc) is 3.30. The van der Waals surface area contributed by atoms with Gasteiger partial charge in [0.25, 0.3) is 22.7 Å². The Kier molecular flexibility index (Phi) is 7.68. The minimum absolute atomic E-state index is 0.0210. The van der Waals surface area contributed by atoms with E-state index in [1.54, 1.807) is 43.3 Å². The molecule has 15 heteroatoms. The molecule has 10 N–H and O–H groups in total. The van der Waals surface area contributed by atoms with Crippen molar-refractivity contribution >= 4 is 46.6 Å². The number of anilines is 4. The number of imidazole rings is 1. The number of amides is 2. The monoisotopic (exact) mass is 597 g/mol. The first-order valence-corrected chi connectivity index (χ1v) is 13.2. The lowest BCUT2D eigenvalue weighted by Gasteiger charge is -2.12.